The molecule has 4 nitrogen and oxygen atoms in total. The van der Waals surface area contributed by atoms with Crippen LogP contribution in [0.2, 0.25) is 0 Å². The van der Waals surface area contributed by atoms with Crippen LogP contribution >= 0.6 is 12.2 Å². The monoisotopic (exact) mass is 221 g/mol. The average molecular weight is 221 g/mol. The second-order valence-corrected chi connectivity index (χ2v) is 5.11. The van der Waals surface area contributed by atoms with Crippen LogP contribution in [0.25, 0.3) is 0 Å². The van der Waals surface area contributed by atoms with Crippen molar-refractivity contribution < 1.29 is 13.2 Å². The van der Waals surface area contributed by atoms with Crippen molar-refractivity contribution in [2.45, 2.75) is 6.92 Å². The molecule has 0 aliphatic carbocycles. The normalized spacial score (nSPS) is 19.3. The first-order valence-corrected chi connectivity index (χ1v) is 6.09. The molecule has 1 rings (SSSR count). The summed E-state index contributed by atoms with van der Waals surface area (Å²) in [5, 5.41) is 2.95. The van der Waals surface area contributed by atoms with Crippen molar-refractivity contribution in [3.05, 3.63) is 11.8 Å². The molecule has 0 aromatic carbocycles. The molecule has 0 amide bonds. The highest BCUT2D eigenvalue weighted by Gasteiger charge is 2.20. The first kappa shape index (κ1) is 10.5. The van der Waals surface area contributed by atoms with Crippen LogP contribution in [-0.2, 0) is 14.6 Å². The van der Waals surface area contributed by atoms with E-state index in [0.29, 0.717) is 12.3 Å². The Morgan fingerprint density at radius 2 is 2.46 bits per heavy atom. The van der Waals surface area contributed by atoms with E-state index in [1.807, 2.05) is 6.92 Å². The quantitative estimate of drug-likeness (QED) is 0.676. The molecule has 0 unspecified atom stereocenters. The smallest absolute Gasteiger partial charge is 0.260 e. The maximum Gasteiger partial charge on any atom is 0.260 e. The van der Waals surface area contributed by atoms with Gasteiger partial charge in [0.2, 0.25) is 0 Å². The number of rotatable bonds is 2. The lowest BCUT2D eigenvalue weighted by Crippen LogP contribution is -2.24. The van der Waals surface area contributed by atoms with E-state index < -0.39 is 9.84 Å². The molecule has 0 aromatic heterocycles. The first-order valence-electron chi connectivity index (χ1n) is 3.87. The summed E-state index contributed by atoms with van der Waals surface area (Å²) >= 11 is 4.80. The van der Waals surface area contributed by atoms with Crippen LogP contribution in [0, 0.1) is 0 Å². The van der Waals surface area contributed by atoms with Crippen LogP contribution < -0.4 is 5.32 Å². The number of hydrogen-bond acceptors (Lipinski definition) is 4. The number of ether oxygens (including phenoxy) is 1. The molecule has 0 saturated carbocycles. The summed E-state index contributed by atoms with van der Waals surface area (Å²) in [6, 6.07) is 0. The van der Waals surface area contributed by atoms with Crippen molar-refractivity contribution in [1.82, 2.24) is 5.32 Å². The SMILES string of the molecule is CCOC(=S)NC1=CCS(=O)(=O)C1. The van der Waals surface area contributed by atoms with Crippen molar-refractivity contribution in [1.29, 1.82) is 0 Å². The van der Waals surface area contributed by atoms with Gasteiger partial charge in [-0.05, 0) is 25.2 Å². The third-order valence-electron chi connectivity index (χ3n) is 1.50. The van der Waals surface area contributed by atoms with E-state index >= 15 is 0 Å². The zero-order valence-corrected chi connectivity index (χ0v) is 8.87. The van der Waals surface area contributed by atoms with E-state index in [0.717, 1.165) is 0 Å². The zero-order chi connectivity index (χ0) is 9.90. The Labute approximate surface area is 82.9 Å². The van der Waals surface area contributed by atoms with Gasteiger partial charge in [0.25, 0.3) is 5.17 Å². The predicted molar refractivity (Wildman–Crippen MR) is 54.1 cm³/mol. The number of sulfone groups is 1. The minimum Gasteiger partial charge on any atom is -0.471 e. The molecule has 13 heavy (non-hydrogen) atoms. The summed E-state index contributed by atoms with van der Waals surface area (Å²) in [6.45, 7) is 2.29. The molecule has 0 aromatic rings. The highest BCUT2D eigenvalue weighted by molar-refractivity contribution is 7.92. The minimum absolute atomic E-state index is 0.0280. The molecule has 74 valence electrons. The molecule has 0 saturated heterocycles. The molecular weight excluding hydrogens is 210 g/mol. The highest BCUT2D eigenvalue weighted by Crippen LogP contribution is 2.08. The van der Waals surface area contributed by atoms with Gasteiger partial charge in [0.05, 0.1) is 18.1 Å². The van der Waals surface area contributed by atoms with E-state index in [1.165, 1.54) is 0 Å². The molecule has 1 N–H and O–H groups in total. The lowest BCUT2D eigenvalue weighted by molar-refractivity contribution is 0.324. The van der Waals surface area contributed by atoms with Crippen LogP contribution in [-0.4, -0.2) is 31.7 Å². The Balaban J connectivity index is 2.45. The predicted octanol–water partition coefficient (Wildman–Crippen LogP) is 0.210. The third-order valence-corrected chi connectivity index (χ3v) is 3.14. The fraction of sp³-hybridized carbons (Fsp3) is 0.571. The summed E-state index contributed by atoms with van der Waals surface area (Å²) in [4.78, 5) is 0. The summed E-state index contributed by atoms with van der Waals surface area (Å²) in [7, 11) is -2.93. The van der Waals surface area contributed by atoms with Gasteiger partial charge in [0.15, 0.2) is 9.84 Å². The van der Waals surface area contributed by atoms with E-state index in [9.17, 15) is 8.42 Å². The Morgan fingerprint density at radius 1 is 1.77 bits per heavy atom. The molecule has 1 aliphatic rings. The van der Waals surface area contributed by atoms with Gasteiger partial charge in [-0.25, -0.2) is 8.42 Å². The van der Waals surface area contributed by atoms with E-state index in [4.69, 9.17) is 17.0 Å². The second kappa shape index (κ2) is 4.06. The van der Waals surface area contributed by atoms with Gasteiger partial charge in [-0.2, -0.15) is 0 Å². The Hall–Kier alpha value is -0.620. The van der Waals surface area contributed by atoms with Crippen molar-refractivity contribution in [3.63, 3.8) is 0 Å². The average Bonchev–Trinajstić information content (AvgIpc) is 2.30. The molecule has 1 aliphatic heterocycles. The summed E-state index contributed by atoms with van der Waals surface area (Å²) in [6.07, 6.45) is 1.61. The van der Waals surface area contributed by atoms with Gasteiger partial charge in [-0.3, -0.25) is 0 Å². The molecule has 6 heteroatoms. The minimum atomic E-state index is -2.93. The zero-order valence-electron chi connectivity index (χ0n) is 7.24. The van der Waals surface area contributed by atoms with Gasteiger partial charge in [-0.1, -0.05) is 0 Å². The van der Waals surface area contributed by atoms with Crippen molar-refractivity contribution in [2.24, 2.45) is 0 Å². The molecule has 0 bridgehead atoms. The standard InChI is InChI=1S/C7H11NO3S2/c1-2-11-7(12)8-6-3-4-13(9,10)5-6/h3H,2,4-5H2,1H3,(H,8,12). The van der Waals surface area contributed by atoms with Gasteiger partial charge in [0.1, 0.15) is 0 Å². The fourth-order valence-corrected chi connectivity index (χ4v) is 2.45. The molecule has 0 atom stereocenters. The van der Waals surface area contributed by atoms with E-state index in [-0.39, 0.29) is 16.7 Å². The van der Waals surface area contributed by atoms with Crippen molar-refractivity contribution in [3.8, 4) is 0 Å². The van der Waals surface area contributed by atoms with Gasteiger partial charge in [-0.15, -0.1) is 0 Å². The summed E-state index contributed by atoms with van der Waals surface area (Å²) in [5.41, 5.74) is 0.610. The van der Waals surface area contributed by atoms with Gasteiger partial charge < -0.3 is 10.1 Å². The van der Waals surface area contributed by atoms with Gasteiger partial charge in [0, 0.05) is 5.70 Å². The van der Waals surface area contributed by atoms with E-state index in [2.05, 4.69) is 5.32 Å². The highest BCUT2D eigenvalue weighted by atomic mass is 32.2. The lowest BCUT2D eigenvalue weighted by Gasteiger charge is -2.07. The first-order chi connectivity index (χ1) is 6.03. The van der Waals surface area contributed by atoms with E-state index in [1.54, 1.807) is 6.08 Å². The number of nitrogens with one attached hydrogen (secondary N) is 1. The Bertz CT molecular complexity index is 332. The number of hydrogen-bond donors (Lipinski definition) is 1. The third kappa shape index (κ3) is 3.31. The molecule has 1 heterocycles. The molecule has 0 spiro atoms. The van der Waals surface area contributed by atoms with Crippen LogP contribution in [0.5, 0.6) is 0 Å². The van der Waals surface area contributed by atoms with Gasteiger partial charge >= 0.3 is 0 Å². The van der Waals surface area contributed by atoms with Crippen LogP contribution in [0.3, 0.4) is 0 Å². The van der Waals surface area contributed by atoms with Crippen molar-refractivity contribution >= 4 is 27.2 Å². The summed E-state index contributed by atoms with van der Waals surface area (Å²) < 4.78 is 27.0. The maximum atomic E-state index is 11.0. The maximum absolute atomic E-state index is 11.0. The molecule has 0 fully saturated rings. The lowest BCUT2D eigenvalue weighted by atomic mass is 10.5. The molecular formula is C7H11NO3S2. The van der Waals surface area contributed by atoms with Crippen LogP contribution in [0.1, 0.15) is 6.92 Å². The summed E-state index contributed by atoms with van der Waals surface area (Å²) in [5.74, 6) is 0.115. The van der Waals surface area contributed by atoms with Crippen molar-refractivity contribution in [2.75, 3.05) is 18.1 Å². The van der Waals surface area contributed by atoms with Crippen LogP contribution in [0.15, 0.2) is 11.8 Å². The largest absolute Gasteiger partial charge is 0.471 e. The second-order valence-electron chi connectivity index (χ2n) is 2.63. The van der Waals surface area contributed by atoms with Crippen LogP contribution in [0.4, 0.5) is 0 Å². The fourth-order valence-electron chi connectivity index (χ4n) is 0.968. The number of thiocarbonyl (C=S) groups is 1. The Morgan fingerprint density at radius 3 is 2.92 bits per heavy atom. The molecule has 0 radical (unpaired) electrons. The Kier molecular flexibility index (Phi) is 3.27. The topological polar surface area (TPSA) is 55.4 Å².